The number of amides is 3. The molecule has 37 heavy (non-hydrogen) atoms. The number of likely N-dealkylation sites (N-methyl/N-ethyl adjacent to an activating group) is 1. The van der Waals surface area contributed by atoms with Crippen molar-refractivity contribution < 1.29 is 14.3 Å². The molecule has 2 aliphatic rings. The van der Waals surface area contributed by atoms with Crippen LogP contribution in [0.15, 0.2) is 24.3 Å². The molecule has 1 heterocycles. The summed E-state index contributed by atoms with van der Waals surface area (Å²) in [5.41, 5.74) is 0.995. The largest absolute Gasteiger partial charge is 0.373 e. The van der Waals surface area contributed by atoms with E-state index in [1.54, 1.807) is 0 Å². The minimum absolute atomic E-state index is 0.0157. The van der Waals surface area contributed by atoms with Crippen molar-refractivity contribution in [3.8, 4) is 0 Å². The van der Waals surface area contributed by atoms with Gasteiger partial charge in [0, 0.05) is 49.1 Å². The van der Waals surface area contributed by atoms with Crippen molar-refractivity contribution in [2.24, 2.45) is 11.8 Å². The zero-order chi connectivity index (χ0) is 26.6. The van der Waals surface area contributed by atoms with E-state index in [0.29, 0.717) is 30.5 Å². The lowest BCUT2D eigenvalue weighted by atomic mass is 9.85. The number of rotatable bonds is 12. The van der Waals surface area contributed by atoms with E-state index >= 15 is 0 Å². The molecule has 1 aliphatic heterocycles. The standard InChI is InChI=1S/C29H47ClN4O3/c1-21(2)32-27(35)14-16-37-28(23-11-7-13-25(30)18-23)24-12-8-15-34(20-24)29(36)33-26(19-31-3)17-22-9-5-4-6-10-22/h7,11,13,18,21-22,24,26,28,31H,4-6,8-10,12,14-17,19-20H2,1-3H3,(H,32,35)(H,33,36)/t24-,26+,28?/m1/s1. The highest BCUT2D eigenvalue weighted by Gasteiger charge is 2.32. The van der Waals surface area contributed by atoms with Crippen LogP contribution < -0.4 is 16.0 Å². The summed E-state index contributed by atoms with van der Waals surface area (Å²) >= 11 is 6.32. The Morgan fingerprint density at radius 1 is 1.11 bits per heavy atom. The second-order valence-corrected chi connectivity index (χ2v) is 11.5. The Hall–Kier alpha value is -1.83. The Morgan fingerprint density at radius 2 is 1.89 bits per heavy atom. The number of ether oxygens (including phenoxy) is 1. The highest BCUT2D eigenvalue weighted by molar-refractivity contribution is 6.30. The van der Waals surface area contributed by atoms with Crippen molar-refractivity contribution >= 4 is 23.5 Å². The average Bonchev–Trinajstić information content (AvgIpc) is 2.87. The predicted octanol–water partition coefficient (Wildman–Crippen LogP) is 5.29. The number of hydrogen-bond donors (Lipinski definition) is 3. The number of carbonyl (C=O) groups excluding carboxylic acids is 2. The maximum atomic E-state index is 13.4. The van der Waals surface area contributed by atoms with Crippen LogP contribution in [0.5, 0.6) is 0 Å². The fourth-order valence-electron chi connectivity index (χ4n) is 5.83. The lowest BCUT2D eigenvalue weighted by Crippen LogP contribution is -2.52. The fraction of sp³-hybridized carbons (Fsp3) is 0.724. The predicted molar refractivity (Wildman–Crippen MR) is 150 cm³/mol. The lowest BCUT2D eigenvalue weighted by Gasteiger charge is -2.38. The summed E-state index contributed by atoms with van der Waals surface area (Å²) < 4.78 is 6.34. The molecule has 208 valence electrons. The maximum absolute atomic E-state index is 13.4. The van der Waals surface area contributed by atoms with Crippen molar-refractivity contribution in [2.45, 2.75) is 89.8 Å². The Morgan fingerprint density at radius 3 is 2.59 bits per heavy atom. The van der Waals surface area contributed by atoms with Gasteiger partial charge in [0.1, 0.15) is 0 Å². The molecule has 1 saturated carbocycles. The minimum Gasteiger partial charge on any atom is -0.373 e. The molecule has 3 atom stereocenters. The van der Waals surface area contributed by atoms with Gasteiger partial charge in [0.25, 0.3) is 0 Å². The molecule has 1 aliphatic carbocycles. The third-order valence-electron chi connectivity index (χ3n) is 7.55. The first-order valence-electron chi connectivity index (χ1n) is 14.2. The third-order valence-corrected chi connectivity index (χ3v) is 7.78. The Kier molecular flexibility index (Phi) is 12.5. The number of carbonyl (C=O) groups is 2. The molecule has 1 aromatic rings. The number of halogens is 1. The van der Waals surface area contributed by atoms with Crippen LogP contribution in [0.25, 0.3) is 0 Å². The number of piperidine rings is 1. The second kappa shape index (κ2) is 15.6. The van der Waals surface area contributed by atoms with Gasteiger partial charge in [-0.1, -0.05) is 55.8 Å². The van der Waals surface area contributed by atoms with Crippen molar-refractivity contribution in [3.05, 3.63) is 34.9 Å². The minimum atomic E-state index is -0.225. The molecule has 1 aromatic carbocycles. The quantitative estimate of drug-likeness (QED) is 0.340. The number of urea groups is 1. The summed E-state index contributed by atoms with van der Waals surface area (Å²) in [7, 11) is 1.95. The number of nitrogens with zero attached hydrogens (tertiary/aromatic N) is 1. The average molecular weight is 535 g/mol. The third kappa shape index (κ3) is 10.1. The van der Waals surface area contributed by atoms with Crippen molar-refractivity contribution in [1.82, 2.24) is 20.9 Å². The van der Waals surface area contributed by atoms with Crippen LogP contribution in [0.1, 0.15) is 83.3 Å². The lowest BCUT2D eigenvalue weighted by molar-refractivity contribution is -0.123. The summed E-state index contributed by atoms with van der Waals surface area (Å²) in [5, 5.41) is 10.2. The van der Waals surface area contributed by atoms with Gasteiger partial charge < -0.3 is 25.6 Å². The first kappa shape index (κ1) is 29.7. The van der Waals surface area contributed by atoms with Gasteiger partial charge in [-0.25, -0.2) is 4.79 Å². The van der Waals surface area contributed by atoms with Crippen molar-refractivity contribution in [3.63, 3.8) is 0 Å². The van der Waals surface area contributed by atoms with E-state index in [0.717, 1.165) is 37.9 Å². The molecule has 8 heteroatoms. The molecule has 3 rings (SSSR count). The smallest absolute Gasteiger partial charge is 0.317 e. The van der Waals surface area contributed by atoms with Crippen LogP contribution in [0, 0.1) is 11.8 Å². The van der Waals surface area contributed by atoms with E-state index in [1.165, 1.54) is 32.1 Å². The van der Waals surface area contributed by atoms with Crippen LogP contribution in [0.4, 0.5) is 4.79 Å². The van der Waals surface area contributed by atoms with E-state index in [-0.39, 0.29) is 36.0 Å². The van der Waals surface area contributed by atoms with Crippen LogP contribution in [-0.2, 0) is 9.53 Å². The van der Waals surface area contributed by atoms with Crippen LogP contribution in [-0.4, -0.2) is 62.2 Å². The SMILES string of the molecule is CNC[C@H](CC1CCCCC1)NC(=O)N1CCC[C@@H](C(OCCC(=O)NC(C)C)c2cccc(Cl)c2)C1. The molecule has 3 amide bonds. The molecule has 7 nitrogen and oxygen atoms in total. The van der Waals surface area contributed by atoms with Gasteiger partial charge in [-0.3, -0.25) is 4.79 Å². The molecule has 0 aromatic heterocycles. The molecular formula is C29H47ClN4O3. The molecule has 0 spiro atoms. The highest BCUT2D eigenvalue weighted by Crippen LogP contribution is 2.34. The molecule has 1 saturated heterocycles. The van der Waals surface area contributed by atoms with Gasteiger partial charge in [0.05, 0.1) is 12.7 Å². The van der Waals surface area contributed by atoms with Crippen molar-refractivity contribution in [2.75, 3.05) is 33.3 Å². The Balaban J connectivity index is 1.63. The summed E-state index contributed by atoms with van der Waals surface area (Å²) in [6.45, 7) is 6.38. The van der Waals surface area contributed by atoms with Gasteiger partial charge >= 0.3 is 6.03 Å². The highest BCUT2D eigenvalue weighted by atomic mass is 35.5. The molecular weight excluding hydrogens is 488 g/mol. The molecule has 1 unspecified atom stereocenters. The van der Waals surface area contributed by atoms with Gasteiger partial charge in [-0.15, -0.1) is 0 Å². The van der Waals surface area contributed by atoms with Crippen LogP contribution >= 0.6 is 11.6 Å². The summed E-state index contributed by atoms with van der Waals surface area (Å²) in [4.78, 5) is 27.5. The molecule has 2 fully saturated rings. The van der Waals surface area contributed by atoms with Gasteiger partial charge in [0.15, 0.2) is 0 Å². The summed E-state index contributed by atoms with van der Waals surface area (Å²) in [5.74, 6) is 0.820. The fourth-order valence-corrected chi connectivity index (χ4v) is 6.03. The monoisotopic (exact) mass is 534 g/mol. The van der Waals surface area contributed by atoms with E-state index < -0.39 is 0 Å². The number of hydrogen-bond acceptors (Lipinski definition) is 4. The van der Waals surface area contributed by atoms with Crippen molar-refractivity contribution in [1.29, 1.82) is 0 Å². The van der Waals surface area contributed by atoms with E-state index in [9.17, 15) is 9.59 Å². The van der Waals surface area contributed by atoms with Gasteiger partial charge in [0.2, 0.25) is 5.91 Å². The number of benzene rings is 1. The number of nitrogens with one attached hydrogen (secondary N) is 3. The van der Waals surface area contributed by atoms with E-state index in [1.807, 2.05) is 50.1 Å². The maximum Gasteiger partial charge on any atom is 0.317 e. The number of likely N-dealkylation sites (tertiary alicyclic amines) is 1. The topological polar surface area (TPSA) is 82.7 Å². The van der Waals surface area contributed by atoms with E-state index in [4.69, 9.17) is 16.3 Å². The summed E-state index contributed by atoms with van der Waals surface area (Å²) in [6, 6.07) is 8.01. The molecule has 3 N–H and O–H groups in total. The Bertz CT molecular complexity index is 846. The van der Waals surface area contributed by atoms with Crippen LogP contribution in [0.3, 0.4) is 0 Å². The van der Waals surface area contributed by atoms with Gasteiger partial charge in [-0.2, -0.15) is 0 Å². The molecule has 0 bridgehead atoms. The zero-order valence-corrected chi connectivity index (χ0v) is 23.7. The first-order chi connectivity index (χ1) is 17.9. The molecule has 0 radical (unpaired) electrons. The normalized spacial score (nSPS) is 20.5. The first-order valence-corrected chi connectivity index (χ1v) is 14.6. The van der Waals surface area contributed by atoms with E-state index in [2.05, 4.69) is 16.0 Å². The zero-order valence-electron chi connectivity index (χ0n) is 22.9. The van der Waals surface area contributed by atoms with Crippen LogP contribution in [0.2, 0.25) is 5.02 Å². The van der Waals surface area contributed by atoms with Gasteiger partial charge in [-0.05, 0) is 63.8 Å². The second-order valence-electron chi connectivity index (χ2n) is 11.1. The Labute approximate surface area is 228 Å². The summed E-state index contributed by atoms with van der Waals surface area (Å²) in [6.07, 6.45) is 9.50.